The van der Waals surface area contributed by atoms with Gasteiger partial charge in [0.2, 0.25) is 0 Å². The van der Waals surface area contributed by atoms with E-state index in [0.717, 1.165) is 61.4 Å². The first-order valence-electron chi connectivity index (χ1n) is 21.5. The van der Waals surface area contributed by atoms with Crippen molar-refractivity contribution < 1.29 is 4.42 Å². The summed E-state index contributed by atoms with van der Waals surface area (Å²) in [6, 6.07) is 87.0. The van der Waals surface area contributed by atoms with Gasteiger partial charge in [0.15, 0.2) is 0 Å². The van der Waals surface area contributed by atoms with Crippen molar-refractivity contribution in [3.05, 3.63) is 243 Å². The molecule has 0 aliphatic heterocycles. The lowest BCUT2D eigenvalue weighted by molar-refractivity contribution is 0.669. The van der Waals surface area contributed by atoms with Gasteiger partial charge in [-0.1, -0.05) is 170 Å². The van der Waals surface area contributed by atoms with Crippen molar-refractivity contribution in [1.29, 1.82) is 0 Å². The molecule has 0 aliphatic carbocycles. The standard InChI is InChI=1S/C60H40N2O/c1-2-14-41(15-3-1)45-16-12-17-49(40-45)61(46-34-28-42(29-35-46)43-30-36-48(37-31-43)62-56-24-9-6-20-52(56)53-21-7-10-25-57(53)62)47-38-32-44(33-39-47)50-18-4-5-19-51(50)54-23-13-27-59-60(54)55-22-8-11-26-58(55)63-59/h1-40H. The highest BCUT2D eigenvalue weighted by molar-refractivity contribution is 6.14. The molecule has 296 valence electrons. The van der Waals surface area contributed by atoms with Gasteiger partial charge in [0.05, 0.1) is 11.0 Å². The van der Waals surface area contributed by atoms with Crippen molar-refractivity contribution in [2.45, 2.75) is 0 Å². The van der Waals surface area contributed by atoms with E-state index in [0.29, 0.717) is 0 Å². The molecule has 2 aromatic heterocycles. The van der Waals surface area contributed by atoms with E-state index in [1.54, 1.807) is 0 Å². The fourth-order valence-corrected chi connectivity index (χ4v) is 9.47. The van der Waals surface area contributed by atoms with E-state index in [4.69, 9.17) is 4.42 Å². The number of hydrogen-bond acceptors (Lipinski definition) is 2. The highest BCUT2D eigenvalue weighted by Crippen LogP contribution is 2.43. The molecule has 0 amide bonds. The molecule has 0 aliphatic rings. The molecule has 0 fully saturated rings. The number of fused-ring (bicyclic) bond motifs is 6. The van der Waals surface area contributed by atoms with Crippen LogP contribution in [0.25, 0.3) is 93.9 Å². The maximum atomic E-state index is 6.29. The molecule has 3 heteroatoms. The summed E-state index contributed by atoms with van der Waals surface area (Å²) in [7, 11) is 0. The van der Waals surface area contributed by atoms with Gasteiger partial charge in [-0.25, -0.2) is 0 Å². The lowest BCUT2D eigenvalue weighted by Crippen LogP contribution is -2.10. The molecular weight excluding hydrogens is 765 g/mol. The highest BCUT2D eigenvalue weighted by atomic mass is 16.3. The second-order valence-electron chi connectivity index (χ2n) is 16.1. The summed E-state index contributed by atoms with van der Waals surface area (Å²) in [5.41, 5.74) is 18.0. The molecule has 12 aromatic rings. The molecule has 0 bridgehead atoms. The van der Waals surface area contributed by atoms with Gasteiger partial charge in [-0.15, -0.1) is 0 Å². The fourth-order valence-electron chi connectivity index (χ4n) is 9.47. The molecule has 0 unspecified atom stereocenters. The summed E-state index contributed by atoms with van der Waals surface area (Å²) in [5, 5.41) is 4.81. The van der Waals surface area contributed by atoms with E-state index >= 15 is 0 Å². The molecule has 0 radical (unpaired) electrons. The van der Waals surface area contributed by atoms with Gasteiger partial charge >= 0.3 is 0 Å². The topological polar surface area (TPSA) is 21.3 Å². The van der Waals surface area contributed by atoms with Gasteiger partial charge in [0.25, 0.3) is 0 Å². The van der Waals surface area contributed by atoms with Crippen LogP contribution in [0.15, 0.2) is 247 Å². The van der Waals surface area contributed by atoms with Gasteiger partial charge in [-0.2, -0.15) is 0 Å². The van der Waals surface area contributed by atoms with Crippen LogP contribution in [-0.4, -0.2) is 4.57 Å². The maximum absolute atomic E-state index is 6.29. The summed E-state index contributed by atoms with van der Waals surface area (Å²) in [6.07, 6.45) is 0. The maximum Gasteiger partial charge on any atom is 0.136 e. The zero-order valence-corrected chi connectivity index (χ0v) is 34.4. The Morgan fingerprint density at radius 1 is 0.302 bits per heavy atom. The summed E-state index contributed by atoms with van der Waals surface area (Å²) in [5.74, 6) is 0. The predicted molar refractivity (Wildman–Crippen MR) is 264 cm³/mol. The SMILES string of the molecule is c1ccc(-c2cccc(N(c3ccc(-c4ccc(-n5c6ccccc6c6ccccc65)cc4)cc3)c3ccc(-c4ccccc4-c4cccc5oc6ccccc6c45)cc3)c2)cc1. The summed E-state index contributed by atoms with van der Waals surface area (Å²) in [4.78, 5) is 2.36. The largest absolute Gasteiger partial charge is 0.456 e. The minimum atomic E-state index is 0.898. The fraction of sp³-hybridized carbons (Fsp3) is 0. The first-order valence-corrected chi connectivity index (χ1v) is 21.5. The molecule has 0 spiro atoms. The molecule has 10 aromatic carbocycles. The van der Waals surface area contributed by atoms with Gasteiger partial charge in [-0.05, 0) is 117 Å². The lowest BCUT2D eigenvalue weighted by Gasteiger charge is -2.26. The Morgan fingerprint density at radius 2 is 0.794 bits per heavy atom. The van der Waals surface area contributed by atoms with Crippen molar-refractivity contribution in [3.63, 3.8) is 0 Å². The van der Waals surface area contributed by atoms with Crippen LogP contribution < -0.4 is 4.90 Å². The number of benzene rings is 10. The molecule has 0 atom stereocenters. The molecular formula is C60H40N2O. The van der Waals surface area contributed by atoms with Crippen molar-refractivity contribution in [2.24, 2.45) is 0 Å². The third-order valence-electron chi connectivity index (χ3n) is 12.4. The molecule has 3 nitrogen and oxygen atoms in total. The molecule has 2 heterocycles. The average molecular weight is 805 g/mol. The van der Waals surface area contributed by atoms with Crippen molar-refractivity contribution >= 4 is 60.8 Å². The number of nitrogens with zero attached hydrogens (tertiary/aromatic N) is 2. The smallest absolute Gasteiger partial charge is 0.136 e. The second-order valence-corrected chi connectivity index (χ2v) is 16.1. The molecule has 0 saturated carbocycles. The zero-order valence-electron chi connectivity index (χ0n) is 34.4. The first-order chi connectivity index (χ1) is 31.2. The number of rotatable bonds is 8. The molecule has 12 rings (SSSR count). The van der Waals surface area contributed by atoms with E-state index < -0.39 is 0 Å². The Balaban J connectivity index is 0.913. The molecule has 63 heavy (non-hydrogen) atoms. The third kappa shape index (κ3) is 6.38. The summed E-state index contributed by atoms with van der Waals surface area (Å²) in [6.45, 7) is 0. The Labute approximate surface area is 366 Å². The second kappa shape index (κ2) is 15.3. The quantitative estimate of drug-likeness (QED) is 0.153. The minimum absolute atomic E-state index is 0.898. The first kappa shape index (κ1) is 36.5. The van der Waals surface area contributed by atoms with Crippen molar-refractivity contribution in [2.75, 3.05) is 4.90 Å². The minimum Gasteiger partial charge on any atom is -0.456 e. The molecule has 0 saturated heterocycles. The Kier molecular flexibility index (Phi) is 8.83. The van der Waals surface area contributed by atoms with Crippen LogP contribution in [0.5, 0.6) is 0 Å². The third-order valence-corrected chi connectivity index (χ3v) is 12.4. The van der Waals surface area contributed by atoms with E-state index in [1.165, 1.54) is 49.6 Å². The van der Waals surface area contributed by atoms with Gasteiger partial charge in [0, 0.05) is 44.3 Å². The zero-order chi connectivity index (χ0) is 41.7. The number of para-hydroxylation sites is 3. The van der Waals surface area contributed by atoms with Gasteiger partial charge in [-0.3, -0.25) is 0 Å². The van der Waals surface area contributed by atoms with Crippen LogP contribution in [0.1, 0.15) is 0 Å². The van der Waals surface area contributed by atoms with Crippen LogP contribution in [0, 0.1) is 0 Å². The number of anilines is 3. The van der Waals surface area contributed by atoms with E-state index in [1.807, 2.05) is 12.1 Å². The van der Waals surface area contributed by atoms with Crippen molar-refractivity contribution in [1.82, 2.24) is 4.57 Å². The highest BCUT2D eigenvalue weighted by Gasteiger charge is 2.18. The monoisotopic (exact) mass is 804 g/mol. The predicted octanol–water partition coefficient (Wildman–Crippen LogP) is 16.8. The van der Waals surface area contributed by atoms with Gasteiger partial charge in [0.1, 0.15) is 11.2 Å². The lowest BCUT2D eigenvalue weighted by atomic mass is 9.92. The van der Waals surface area contributed by atoms with Crippen LogP contribution in [0.2, 0.25) is 0 Å². The molecule has 0 N–H and O–H groups in total. The van der Waals surface area contributed by atoms with E-state index in [-0.39, 0.29) is 0 Å². The van der Waals surface area contributed by atoms with Crippen LogP contribution in [0.4, 0.5) is 17.1 Å². The number of furan rings is 1. The van der Waals surface area contributed by atoms with E-state index in [9.17, 15) is 0 Å². The number of hydrogen-bond donors (Lipinski definition) is 0. The van der Waals surface area contributed by atoms with Crippen LogP contribution in [-0.2, 0) is 0 Å². The Morgan fingerprint density at radius 3 is 1.49 bits per heavy atom. The summed E-state index contributed by atoms with van der Waals surface area (Å²) >= 11 is 0. The number of aromatic nitrogens is 1. The van der Waals surface area contributed by atoms with Crippen LogP contribution in [0.3, 0.4) is 0 Å². The Bertz CT molecular complexity index is 3550. The Hall–Kier alpha value is -8.40. The van der Waals surface area contributed by atoms with Crippen molar-refractivity contribution in [3.8, 4) is 50.2 Å². The van der Waals surface area contributed by atoms with Gasteiger partial charge < -0.3 is 13.9 Å². The normalized spacial score (nSPS) is 11.5. The average Bonchev–Trinajstić information content (AvgIpc) is 3.91. The summed E-state index contributed by atoms with van der Waals surface area (Å²) < 4.78 is 8.66. The van der Waals surface area contributed by atoms with E-state index in [2.05, 4.69) is 240 Å². The van der Waals surface area contributed by atoms with Crippen LogP contribution >= 0.6 is 0 Å².